The number of aromatic nitrogens is 3. The molecule has 3 rings (SSSR count). The average molecular weight is 319 g/mol. The molecule has 5 heteroatoms. The van der Waals surface area contributed by atoms with E-state index in [0.717, 1.165) is 23.4 Å². The Balaban J connectivity index is 1.83. The maximum absolute atomic E-state index is 4.51. The summed E-state index contributed by atoms with van der Waals surface area (Å²) in [5, 5.41) is 14.7. The van der Waals surface area contributed by atoms with Crippen molar-refractivity contribution in [2.75, 3.05) is 10.6 Å². The third-order valence-corrected chi connectivity index (χ3v) is 3.86. The smallest absolute Gasteiger partial charge is 0.249 e. The highest BCUT2D eigenvalue weighted by Gasteiger charge is 2.06. The molecule has 2 aromatic carbocycles. The molecule has 0 spiro atoms. The maximum Gasteiger partial charge on any atom is 0.249 e. The van der Waals surface area contributed by atoms with Crippen molar-refractivity contribution >= 4 is 23.1 Å². The molecule has 0 unspecified atom stereocenters. The van der Waals surface area contributed by atoms with Crippen LogP contribution in [0.4, 0.5) is 23.1 Å². The molecule has 0 saturated carbocycles. The SMILES string of the molecule is CCc1ccccc1Nc1cnnc(Nc2cc(C)ccc2C)n1. The number of rotatable bonds is 5. The van der Waals surface area contributed by atoms with Gasteiger partial charge in [0, 0.05) is 11.4 Å². The highest BCUT2D eigenvalue weighted by Crippen LogP contribution is 2.22. The van der Waals surface area contributed by atoms with Crippen LogP contribution in [0.2, 0.25) is 0 Å². The van der Waals surface area contributed by atoms with Gasteiger partial charge in [-0.05, 0) is 49.1 Å². The van der Waals surface area contributed by atoms with E-state index >= 15 is 0 Å². The summed E-state index contributed by atoms with van der Waals surface area (Å²) in [6.45, 7) is 6.24. The number of anilines is 4. The van der Waals surface area contributed by atoms with E-state index in [1.165, 1.54) is 11.1 Å². The Morgan fingerprint density at radius 1 is 0.958 bits per heavy atom. The fraction of sp³-hybridized carbons (Fsp3) is 0.211. The van der Waals surface area contributed by atoms with Crippen molar-refractivity contribution in [3.8, 4) is 0 Å². The van der Waals surface area contributed by atoms with E-state index in [0.29, 0.717) is 11.8 Å². The zero-order valence-corrected chi connectivity index (χ0v) is 14.2. The quantitative estimate of drug-likeness (QED) is 0.723. The number of aryl methyl sites for hydroxylation is 3. The number of benzene rings is 2. The van der Waals surface area contributed by atoms with E-state index in [1.807, 2.05) is 18.2 Å². The third kappa shape index (κ3) is 3.68. The van der Waals surface area contributed by atoms with E-state index in [9.17, 15) is 0 Å². The summed E-state index contributed by atoms with van der Waals surface area (Å²) >= 11 is 0. The summed E-state index contributed by atoms with van der Waals surface area (Å²) in [5.74, 6) is 1.14. The minimum atomic E-state index is 0.475. The van der Waals surface area contributed by atoms with Gasteiger partial charge in [0.15, 0.2) is 5.82 Å². The molecule has 0 aliphatic carbocycles. The van der Waals surface area contributed by atoms with Gasteiger partial charge >= 0.3 is 0 Å². The van der Waals surface area contributed by atoms with Gasteiger partial charge in [0.1, 0.15) is 0 Å². The van der Waals surface area contributed by atoms with E-state index in [2.05, 4.69) is 70.9 Å². The molecule has 0 fully saturated rings. The largest absolute Gasteiger partial charge is 0.339 e. The minimum Gasteiger partial charge on any atom is -0.339 e. The molecule has 1 aromatic heterocycles. The summed E-state index contributed by atoms with van der Waals surface area (Å²) < 4.78 is 0. The van der Waals surface area contributed by atoms with Crippen molar-refractivity contribution in [3.63, 3.8) is 0 Å². The second kappa shape index (κ2) is 7.08. The van der Waals surface area contributed by atoms with Gasteiger partial charge in [-0.3, -0.25) is 0 Å². The molecular formula is C19H21N5. The summed E-state index contributed by atoms with van der Waals surface area (Å²) in [4.78, 5) is 4.51. The predicted octanol–water partition coefficient (Wildman–Crippen LogP) is 4.54. The van der Waals surface area contributed by atoms with Gasteiger partial charge < -0.3 is 10.6 Å². The van der Waals surface area contributed by atoms with Crippen LogP contribution in [0.1, 0.15) is 23.6 Å². The lowest BCUT2D eigenvalue weighted by Gasteiger charge is -2.12. The first-order valence-corrected chi connectivity index (χ1v) is 8.04. The Hall–Kier alpha value is -2.95. The zero-order valence-electron chi connectivity index (χ0n) is 14.2. The average Bonchev–Trinajstić information content (AvgIpc) is 2.59. The molecule has 0 saturated heterocycles. The normalized spacial score (nSPS) is 10.5. The van der Waals surface area contributed by atoms with Gasteiger partial charge in [0.25, 0.3) is 0 Å². The van der Waals surface area contributed by atoms with Crippen LogP contribution >= 0.6 is 0 Å². The lowest BCUT2D eigenvalue weighted by atomic mass is 10.1. The molecule has 5 nitrogen and oxygen atoms in total. The second-order valence-electron chi connectivity index (χ2n) is 5.74. The topological polar surface area (TPSA) is 62.7 Å². The maximum atomic E-state index is 4.51. The Kier molecular flexibility index (Phi) is 4.70. The minimum absolute atomic E-state index is 0.475. The van der Waals surface area contributed by atoms with Gasteiger partial charge in [-0.15, -0.1) is 5.10 Å². The van der Waals surface area contributed by atoms with Gasteiger partial charge in [-0.25, -0.2) is 0 Å². The van der Waals surface area contributed by atoms with E-state index < -0.39 is 0 Å². The van der Waals surface area contributed by atoms with Crippen molar-refractivity contribution in [1.29, 1.82) is 0 Å². The van der Waals surface area contributed by atoms with Crippen LogP contribution in [0, 0.1) is 13.8 Å². The molecule has 1 heterocycles. The molecule has 0 radical (unpaired) electrons. The molecule has 0 aliphatic heterocycles. The molecule has 3 aromatic rings. The van der Waals surface area contributed by atoms with Gasteiger partial charge in [0.05, 0.1) is 6.20 Å². The number of hydrogen-bond acceptors (Lipinski definition) is 5. The van der Waals surface area contributed by atoms with Crippen molar-refractivity contribution < 1.29 is 0 Å². The fourth-order valence-corrected chi connectivity index (χ4v) is 2.50. The number of hydrogen-bond donors (Lipinski definition) is 2. The molecule has 122 valence electrons. The van der Waals surface area contributed by atoms with Gasteiger partial charge in [0.2, 0.25) is 5.95 Å². The molecule has 0 aliphatic rings. The molecule has 0 atom stereocenters. The van der Waals surface area contributed by atoms with Crippen molar-refractivity contribution in [2.45, 2.75) is 27.2 Å². The van der Waals surface area contributed by atoms with Gasteiger partial charge in [-0.2, -0.15) is 10.1 Å². The molecule has 0 bridgehead atoms. The van der Waals surface area contributed by atoms with Crippen molar-refractivity contribution in [3.05, 3.63) is 65.4 Å². The number of nitrogens with zero attached hydrogens (tertiary/aromatic N) is 3. The van der Waals surface area contributed by atoms with Crippen LogP contribution in [-0.2, 0) is 6.42 Å². The summed E-state index contributed by atoms with van der Waals surface area (Å²) in [6.07, 6.45) is 2.58. The van der Waals surface area contributed by atoms with Gasteiger partial charge in [-0.1, -0.05) is 37.3 Å². The zero-order chi connectivity index (χ0) is 16.9. The van der Waals surface area contributed by atoms with Crippen LogP contribution in [-0.4, -0.2) is 15.2 Å². The van der Waals surface area contributed by atoms with E-state index in [1.54, 1.807) is 6.20 Å². The first-order valence-electron chi connectivity index (χ1n) is 8.04. The van der Waals surface area contributed by atoms with E-state index in [-0.39, 0.29) is 0 Å². The monoisotopic (exact) mass is 319 g/mol. The van der Waals surface area contributed by atoms with Crippen LogP contribution in [0.25, 0.3) is 0 Å². The lowest BCUT2D eigenvalue weighted by molar-refractivity contribution is 0.980. The summed E-state index contributed by atoms with van der Waals surface area (Å²) in [5.41, 5.74) is 5.59. The standard InChI is InChI=1S/C19H21N5/c1-4-15-7-5-6-8-16(15)21-18-12-20-24-19(23-18)22-17-11-13(2)9-10-14(17)3/h5-12H,4H2,1-3H3,(H2,21,22,23,24). The number of para-hydroxylation sites is 1. The second-order valence-corrected chi connectivity index (χ2v) is 5.74. The van der Waals surface area contributed by atoms with Crippen LogP contribution < -0.4 is 10.6 Å². The molecule has 24 heavy (non-hydrogen) atoms. The third-order valence-electron chi connectivity index (χ3n) is 3.86. The molecular weight excluding hydrogens is 298 g/mol. The van der Waals surface area contributed by atoms with Crippen LogP contribution in [0.3, 0.4) is 0 Å². The Morgan fingerprint density at radius 3 is 2.62 bits per heavy atom. The highest BCUT2D eigenvalue weighted by molar-refractivity contribution is 5.63. The predicted molar refractivity (Wildman–Crippen MR) is 98.1 cm³/mol. The summed E-state index contributed by atoms with van der Waals surface area (Å²) in [7, 11) is 0. The first-order chi connectivity index (χ1) is 11.7. The first kappa shape index (κ1) is 15.9. The highest BCUT2D eigenvalue weighted by atomic mass is 15.3. The Morgan fingerprint density at radius 2 is 1.79 bits per heavy atom. The van der Waals surface area contributed by atoms with Crippen LogP contribution in [0.5, 0.6) is 0 Å². The van der Waals surface area contributed by atoms with Crippen molar-refractivity contribution in [1.82, 2.24) is 15.2 Å². The molecule has 0 amide bonds. The van der Waals surface area contributed by atoms with Crippen LogP contribution in [0.15, 0.2) is 48.7 Å². The summed E-state index contributed by atoms with van der Waals surface area (Å²) in [6, 6.07) is 14.4. The Labute approximate surface area is 142 Å². The Bertz CT molecular complexity index is 845. The lowest BCUT2D eigenvalue weighted by Crippen LogP contribution is -2.04. The van der Waals surface area contributed by atoms with E-state index in [4.69, 9.17) is 0 Å². The number of nitrogens with one attached hydrogen (secondary N) is 2. The van der Waals surface area contributed by atoms with Crippen molar-refractivity contribution in [2.24, 2.45) is 0 Å². The molecule has 2 N–H and O–H groups in total. The fourth-order valence-electron chi connectivity index (χ4n) is 2.50.